The molecule has 0 aliphatic carbocycles. The van der Waals surface area contributed by atoms with Gasteiger partial charge in [-0.3, -0.25) is 4.90 Å². The minimum absolute atomic E-state index is 0.180. The summed E-state index contributed by atoms with van der Waals surface area (Å²) >= 11 is 0. The van der Waals surface area contributed by atoms with Crippen molar-refractivity contribution in [1.29, 1.82) is 0 Å². The number of nitrogens with zero attached hydrogens (tertiary/aromatic N) is 2. The van der Waals surface area contributed by atoms with E-state index >= 15 is 0 Å². The Bertz CT molecular complexity index is 484. The maximum Gasteiger partial charge on any atom is 0.301 e. The lowest BCUT2D eigenvalue weighted by Crippen LogP contribution is -2.10. The fourth-order valence-corrected chi connectivity index (χ4v) is 1.32. The molecule has 0 amide bonds. The molecule has 0 fully saturated rings. The smallest absolute Gasteiger partial charge is 0.301 e. The average molecular weight is 222 g/mol. The molecule has 1 N–H and O–H groups in total. The summed E-state index contributed by atoms with van der Waals surface area (Å²) in [4.78, 5) is 5.62. The molecule has 0 atom stereocenters. The lowest BCUT2D eigenvalue weighted by atomic mass is 10.3. The van der Waals surface area contributed by atoms with Gasteiger partial charge in [0.05, 0.1) is 6.61 Å². The minimum Gasteiger partial charge on any atom is -0.431 e. The minimum atomic E-state index is -0.321. The van der Waals surface area contributed by atoms with Gasteiger partial charge in [0, 0.05) is 12.7 Å². The number of aliphatic hydroxyl groups is 1. The van der Waals surface area contributed by atoms with E-state index in [0.29, 0.717) is 17.4 Å². The molecule has 0 bridgehead atoms. The molecule has 1 aromatic carbocycles. The molecule has 0 unspecified atom stereocenters. The van der Waals surface area contributed by atoms with Gasteiger partial charge in [-0.2, -0.15) is 4.98 Å². The van der Waals surface area contributed by atoms with Gasteiger partial charge in [0.15, 0.2) is 0 Å². The number of aromatic nitrogens is 1. The topological polar surface area (TPSA) is 49.5 Å². The summed E-state index contributed by atoms with van der Waals surface area (Å²) in [7, 11) is 1.71. The Balaban J connectivity index is 2.27. The number of rotatable bonds is 3. The third-order valence-electron chi connectivity index (χ3n) is 2.18. The standard InChI is InChI=1S/C11H11FN2O2/c1-14(10-4-2-3-8(12)5-10)11-13-9(6-15)7-16-11/h2-5,7,15H,6H2,1H3. The van der Waals surface area contributed by atoms with E-state index in [2.05, 4.69) is 4.98 Å². The van der Waals surface area contributed by atoms with Crippen molar-refractivity contribution in [3.63, 3.8) is 0 Å². The van der Waals surface area contributed by atoms with Crippen molar-refractivity contribution in [2.24, 2.45) is 0 Å². The van der Waals surface area contributed by atoms with Gasteiger partial charge >= 0.3 is 6.01 Å². The lowest BCUT2D eigenvalue weighted by Gasteiger charge is -2.14. The highest BCUT2D eigenvalue weighted by Crippen LogP contribution is 2.23. The fourth-order valence-electron chi connectivity index (χ4n) is 1.32. The van der Waals surface area contributed by atoms with Crippen molar-refractivity contribution in [2.45, 2.75) is 6.61 Å². The third-order valence-corrected chi connectivity index (χ3v) is 2.18. The fraction of sp³-hybridized carbons (Fsp3) is 0.182. The number of aliphatic hydroxyl groups excluding tert-OH is 1. The summed E-state index contributed by atoms with van der Waals surface area (Å²) < 4.78 is 18.1. The summed E-state index contributed by atoms with van der Waals surface area (Å²) in [6, 6.07) is 6.41. The van der Waals surface area contributed by atoms with E-state index in [0.717, 1.165) is 0 Å². The van der Waals surface area contributed by atoms with Crippen LogP contribution in [0.4, 0.5) is 16.1 Å². The molecule has 0 radical (unpaired) electrons. The first kappa shape index (κ1) is 10.6. The zero-order valence-electron chi connectivity index (χ0n) is 8.72. The monoisotopic (exact) mass is 222 g/mol. The number of oxazole rings is 1. The van der Waals surface area contributed by atoms with Crippen molar-refractivity contribution in [2.75, 3.05) is 11.9 Å². The molecule has 0 saturated heterocycles. The lowest BCUT2D eigenvalue weighted by molar-refractivity contribution is 0.276. The van der Waals surface area contributed by atoms with Crippen molar-refractivity contribution < 1.29 is 13.9 Å². The first-order valence-corrected chi connectivity index (χ1v) is 4.75. The number of halogens is 1. The molecule has 2 aromatic rings. The molecule has 1 heterocycles. The maximum absolute atomic E-state index is 13.0. The van der Waals surface area contributed by atoms with Crippen LogP contribution in [-0.4, -0.2) is 17.1 Å². The van der Waals surface area contributed by atoms with Gasteiger partial charge in [0.2, 0.25) is 0 Å². The first-order valence-electron chi connectivity index (χ1n) is 4.75. The van der Waals surface area contributed by atoms with Crippen LogP contribution in [0.2, 0.25) is 0 Å². The van der Waals surface area contributed by atoms with E-state index in [1.165, 1.54) is 18.4 Å². The van der Waals surface area contributed by atoms with Gasteiger partial charge < -0.3 is 9.52 Å². The normalized spacial score (nSPS) is 10.4. The predicted molar refractivity (Wildman–Crippen MR) is 56.9 cm³/mol. The largest absolute Gasteiger partial charge is 0.431 e. The maximum atomic E-state index is 13.0. The summed E-state index contributed by atoms with van der Waals surface area (Å²) in [5, 5.41) is 8.85. The van der Waals surface area contributed by atoms with Gasteiger partial charge in [-0.15, -0.1) is 0 Å². The van der Waals surface area contributed by atoms with Crippen LogP contribution in [0.3, 0.4) is 0 Å². The van der Waals surface area contributed by atoms with Crippen LogP contribution in [0.5, 0.6) is 0 Å². The van der Waals surface area contributed by atoms with Crippen LogP contribution in [0.15, 0.2) is 34.9 Å². The second-order valence-electron chi connectivity index (χ2n) is 3.32. The molecular weight excluding hydrogens is 211 g/mol. The molecule has 16 heavy (non-hydrogen) atoms. The zero-order chi connectivity index (χ0) is 11.5. The zero-order valence-corrected chi connectivity index (χ0v) is 8.72. The Morgan fingerprint density at radius 3 is 2.94 bits per heavy atom. The average Bonchev–Trinajstić information content (AvgIpc) is 2.76. The number of hydrogen-bond acceptors (Lipinski definition) is 4. The van der Waals surface area contributed by atoms with Gasteiger partial charge in [-0.05, 0) is 18.2 Å². The van der Waals surface area contributed by atoms with E-state index in [1.54, 1.807) is 24.1 Å². The van der Waals surface area contributed by atoms with Crippen LogP contribution >= 0.6 is 0 Å². The van der Waals surface area contributed by atoms with Crippen molar-refractivity contribution in [1.82, 2.24) is 4.98 Å². The van der Waals surface area contributed by atoms with E-state index < -0.39 is 0 Å². The first-order chi connectivity index (χ1) is 7.70. The second kappa shape index (κ2) is 4.32. The highest BCUT2D eigenvalue weighted by atomic mass is 19.1. The van der Waals surface area contributed by atoms with Crippen LogP contribution in [0, 0.1) is 5.82 Å². The predicted octanol–water partition coefficient (Wildman–Crippen LogP) is 2.07. The number of hydrogen-bond donors (Lipinski definition) is 1. The molecule has 0 saturated carbocycles. The summed E-state index contributed by atoms with van der Waals surface area (Å²) in [6.45, 7) is -0.180. The molecule has 0 aliphatic heterocycles. The van der Waals surface area contributed by atoms with Crippen LogP contribution in [0.25, 0.3) is 0 Å². The Hall–Kier alpha value is -1.88. The van der Waals surface area contributed by atoms with E-state index in [1.807, 2.05) is 0 Å². The van der Waals surface area contributed by atoms with Crippen molar-refractivity contribution in [3.05, 3.63) is 42.0 Å². The molecule has 84 valence electrons. The van der Waals surface area contributed by atoms with E-state index in [4.69, 9.17) is 9.52 Å². The van der Waals surface area contributed by atoms with Crippen molar-refractivity contribution in [3.8, 4) is 0 Å². The van der Waals surface area contributed by atoms with Gasteiger partial charge in [-0.25, -0.2) is 4.39 Å². The van der Waals surface area contributed by atoms with Crippen LogP contribution in [-0.2, 0) is 6.61 Å². The molecular formula is C11H11FN2O2. The summed E-state index contributed by atoms with van der Waals surface area (Å²) in [6.07, 6.45) is 1.37. The SMILES string of the molecule is CN(c1cccc(F)c1)c1nc(CO)co1. The van der Waals surface area contributed by atoms with Crippen LogP contribution < -0.4 is 4.90 Å². The second-order valence-corrected chi connectivity index (χ2v) is 3.32. The Morgan fingerprint density at radius 1 is 1.50 bits per heavy atom. The molecule has 2 rings (SSSR count). The van der Waals surface area contributed by atoms with Gasteiger partial charge in [-0.1, -0.05) is 6.07 Å². The van der Waals surface area contributed by atoms with Gasteiger partial charge in [0.25, 0.3) is 0 Å². The highest BCUT2D eigenvalue weighted by Gasteiger charge is 2.10. The molecule has 5 heteroatoms. The molecule has 0 aliphatic rings. The van der Waals surface area contributed by atoms with Crippen molar-refractivity contribution >= 4 is 11.7 Å². The highest BCUT2D eigenvalue weighted by molar-refractivity contribution is 5.54. The van der Waals surface area contributed by atoms with Crippen LogP contribution in [0.1, 0.15) is 5.69 Å². The van der Waals surface area contributed by atoms with E-state index in [-0.39, 0.29) is 12.4 Å². The quantitative estimate of drug-likeness (QED) is 0.863. The molecule has 0 spiro atoms. The molecule has 1 aromatic heterocycles. The van der Waals surface area contributed by atoms with E-state index in [9.17, 15) is 4.39 Å². The molecule has 4 nitrogen and oxygen atoms in total. The third kappa shape index (κ3) is 2.04. The number of anilines is 2. The number of benzene rings is 1. The van der Waals surface area contributed by atoms with Gasteiger partial charge in [0.1, 0.15) is 17.8 Å². The Kier molecular flexibility index (Phi) is 2.87. The summed E-state index contributed by atoms with van der Waals surface area (Å²) in [5.74, 6) is -0.321. The Labute approximate surface area is 92.0 Å². The summed E-state index contributed by atoms with van der Waals surface area (Å²) in [5.41, 5.74) is 1.07. The Morgan fingerprint density at radius 2 is 2.31 bits per heavy atom.